The number of rotatable bonds is 4. The van der Waals surface area contributed by atoms with E-state index in [1.807, 2.05) is 10.8 Å². The van der Waals surface area contributed by atoms with Gasteiger partial charge >= 0.3 is 5.97 Å². The van der Waals surface area contributed by atoms with Crippen LogP contribution < -0.4 is 0 Å². The number of oxazole rings is 1. The zero-order valence-corrected chi connectivity index (χ0v) is 11.5. The van der Waals surface area contributed by atoms with Crippen molar-refractivity contribution < 1.29 is 18.7 Å². The van der Waals surface area contributed by atoms with Crippen LogP contribution in [0, 0.1) is 5.82 Å². The SMILES string of the molecule is O=C(O)C(c1ccc(F)c(-c2ccsc2)c1)c1cocn1. The summed E-state index contributed by atoms with van der Waals surface area (Å²) in [4.78, 5) is 15.4. The highest BCUT2D eigenvalue weighted by molar-refractivity contribution is 7.08. The molecule has 1 atom stereocenters. The van der Waals surface area contributed by atoms with Crippen molar-refractivity contribution >= 4 is 17.3 Å². The molecule has 3 rings (SSSR count). The molecule has 0 bridgehead atoms. The molecule has 1 N–H and O–H groups in total. The van der Waals surface area contributed by atoms with Crippen LogP contribution in [0.3, 0.4) is 0 Å². The van der Waals surface area contributed by atoms with E-state index in [1.165, 1.54) is 36.1 Å². The van der Waals surface area contributed by atoms with Crippen molar-refractivity contribution in [2.45, 2.75) is 5.92 Å². The maximum absolute atomic E-state index is 14.0. The Kier molecular flexibility index (Phi) is 3.53. The zero-order chi connectivity index (χ0) is 14.8. The number of hydrogen-bond acceptors (Lipinski definition) is 4. The van der Waals surface area contributed by atoms with Gasteiger partial charge in [0, 0.05) is 5.56 Å². The van der Waals surface area contributed by atoms with E-state index in [9.17, 15) is 14.3 Å². The number of benzene rings is 1. The van der Waals surface area contributed by atoms with Crippen LogP contribution in [0.4, 0.5) is 4.39 Å². The summed E-state index contributed by atoms with van der Waals surface area (Å²) in [6.07, 6.45) is 2.46. The van der Waals surface area contributed by atoms with Crippen LogP contribution in [0.5, 0.6) is 0 Å². The lowest BCUT2D eigenvalue weighted by atomic mass is 9.93. The minimum absolute atomic E-state index is 0.283. The quantitative estimate of drug-likeness (QED) is 0.797. The van der Waals surface area contributed by atoms with E-state index in [4.69, 9.17) is 4.42 Å². The van der Waals surface area contributed by atoms with Crippen molar-refractivity contribution in [1.82, 2.24) is 4.98 Å². The van der Waals surface area contributed by atoms with Gasteiger partial charge in [-0.05, 0) is 40.1 Å². The van der Waals surface area contributed by atoms with Gasteiger partial charge in [-0.15, -0.1) is 0 Å². The van der Waals surface area contributed by atoms with E-state index < -0.39 is 11.9 Å². The number of thiophene rings is 1. The van der Waals surface area contributed by atoms with Gasteiger partial charge in [0.05, 0.1) is 5.69 Å². The van der Waals surface area contributed by atoms with Crippen LogP contribution in [0.1, 0.15) is 17.2 Å². The monoisotopic (exact) mass is 303 g/mol. The molecule has 0 amide bonds. The number of aliphatic carboxylic acids is 1. The number of halogens is 1. The third kappa shape index (κ3) is 2.57. The molecule has 106 valence electrons. The summed E-state index contributed by atoms with van der Waals surface area (Å²) < 4.78 is 18.8. The molecule has 0 aliphatic heterocycles. The molecule has 4 nitrogen and oxygen atoms in total. The molecule has 0 radical (unpaired) electrons. The molecule has 3 aromatic rings. The fourth-order valence-corrected chi connectivity index (χ4v) is 2.82. The molecule has 0 aliphatic carbocycles. The fraction of sp³-hybridized carbons (Fsp3) is 0.0667. The summed E-state index contributed by atoms with van der Waals surface area (Å²) >= 11 is 1.45. The van der Waals surface area contributed by atoms with Crippen molar-refractivity contribution in [3.05, 3.63) is 64.8 Å². The van der Waals surface area contributed by atoms with Gasteiger partial charge in [0.2, 0.25) is 0 Å². The minimum Gasteiger partial charge on any atom is -0.480 e. The summed E-state index contributed by atoms with van der Waals surface area (Å²) in [5.74, 6) is -2.44. The molecule has 0 saturated carbocycles. The third-order valence-electron chi connectivity index (χ3n) is 3.15. The van der Waals surface area contributed by atoms with E-state index in [0.29, 0.717) is 11.1 Å². The zero-order valence-electron chi connectivity index (χ0n) is 10.7. The van der Waals surface area contributed by atoms with E-state index >= 15 is 0 Å². The Morgan fingerprint density at radius 2 is 2.24 bits per heavy atom. The predicted molar refractivity (Wildman–Crippen MR) is 75.7 cm³/mol. The van der Waals surface area contributed by atoms with Gasteiger partial charge in [0.15, 0.2) is 6.39 Å². The van der Waals surface area contributed by atoms with Gasteiger partial charge in [-0.1, -0.05) is 6.07 Å². The van der Waals surface area contributed by atoms with E-state index in [2.05, 4.69) is 4.98 Å². The van der Waals surface area contributed by atoms with Crippen molar-refractivity contribution in [1.29, 1.82) is 0 Å². The summed E-state index contributed by atoms with van der Waals surface area (Å²) in [5.41, 5.74) is 1.84. The number of hydrogen-bond donors (Lipinski definition) is 1. The number of nitrogens with zero attached hydrogens (tertiary/aromatic N) is 1. The first-order valence-electron chi connectivity index (χ1n) is 6.09. The molecule has 2 aromatic heterocycles. The number of aromatic nitrogens is 1. The molecule has 1 unspecified atom stereocenters. The van der Waals surface area contributed by atoms with E-state index in [-0.39, 0.29) is 11.5 Å². The van der Waals surface area contributed by atoms with Crippen molar-refractivity contribution in [3.63, 3.8) is 0 Å². The second kappa shape index (κ2) is 5.49. The van der Waals surface area contributed by atoms with Gasteiger partial charge in [-0.25, -0.2) is 9.37 Å². The number of carboxylic acids is 1. The Labute approximate surface area is 123 Å². The topological polar surface area (TPSA) is 63.3 Å². The normalized spacial score (nSPS) is 12.2. The molecular weight excluding hydrogens is 293 g/mol. The Balaban J connectivity index is 2.10. The summed E-state index contributed by atoms with van der Waals surface area (Å²) in [6.45, 7) is 0. The third-order valence-corrected chi connectivity index (χ3v) is 3.83. The Bertz CT molecular complexity index is 753. The smallest absolute Gasteiger partial charge is 0.317 e. The van der Waals surface area contributed by atoms with Crippen LogP contribution in [0.25, 0.3) is 11.1 Å². The Morgan fingerprint density at radius 3 is 2.86 bits per heavy atom. The van der Waals surface area contributed by atoms with Gasteiger partial charge in [-0.3, -0.25) is 4.79 Å². The molecule has 21 heavy (non-hydrogen) atoms. The molecule has 0 saturated heterocycles. The first kappa shape index (κ1) is 13.5. The molecule has 1 aromatic carbocycles. The standard InChI is InChI=1S/C15H10FNO3S/c16-12-2-1-9(5-11(12)10-3-4-21-7-10)14(15(18)19)13-6-20-8-17-13/h1-8,14H,(H,18,19). The average molecular weight is 303 g/mol. The first-order valence-corrected chi connectivity index (χ1v) is 7.04. The highest BCUT2D eigenvalue weighted by Gasteiger charge is 2.25. The Morgan fingerprint density at radius 1 is 1.38 bits per heavy atom. The second-order valence-corrected chi connectivity index (χ2v) is 5.22. The van der Waals surface area contributed by atoms with Crippen LogP contribution in [0.15, 0.2) is 52.1 Å². The first-order chi connectivity index (χ1) is 10.2. The van der Waals surface area contributed by atoms with Crippen LogP contribution in [0.2, 0.25) is 0 Å². The second-order valence-electron chi connectivity index (χ2n) is 4.44. The van der Waals surface area contributed by atoms with Crippen LogP contribution in [-0.4, -0.2) is 16.1 Å². The highest BCUT2D eigenvalue weighted by atomic mass is 32.1. The lowest BCUT2D eigenvalue weighted by Crippen LogP contribution is -2.13. The number of carbonyl (C=O) groups is 1. The summed E-state index contributed by atoms with van der Waals surface area (Å²) in [7, 11) is 0. The van der Waals surface area contributed by atoms with Crippen molar-refractivity contribution in [3.8, 4) is 11.1 Å². The van der Waals surface area contributed by atoms with Gasteiger partial charge in [-0.2, -0.15) is 11.3 Å². The molecule has 2 heterocycles. The van der Waals surface area contributed by atoms with Crippen LogP contribution in [-0.2, 0) is 4.79 Å². The maximum atomic E-state index is 14.0. The fourth-order valence-electron chi connectivity index (χ4n) is 2.17. The van der Waals surface area contributed by atoms with E-state index in [0.717, 1.165) is 5.56 Å². The van der Waals surface area contributed by atoms with Crippen molar-refractivity contribution in [2.24, 2.45) is 0 Å². The summed E-state index contributed by atoms with van der Waals surface area (Å²) in [6, 6.07) is 6.07. The van der Waals surface area contributed by atoms with Gasteiger partial charge in [0.1, 0.15) is 18.0 Å². The van der Waals surface area contributed by atoms with E-state index in [1.54, 1.807) is 12.1 Å². The average Bonchev–Trinajstić information content (AvgIpc) is 3.13. The van der Waals surface area contributed by atoms with Gasteiger partial charge < -0.3 is 9.52 Å². The van der Waals surface area contributed by atoms with Crippen LogP contribution >= 0.6 is 11.3 Å². The molecule has 0 fully saturated rings. The molecule has 0 aliphatic rings. The molecular formula is C15H10FNO3S. The summed E-state index contributed by atoms with van der Waals surface area (Å²) in [5, 5.41) is 13.1. The predicted octanol–water partition coefficient (Wildman–Crippen LogP) is 3.76. The Hall–Kier alpha value is -2.47. The largest absolute Gasteiger partial charge is 0.480 e. The number of carboxylic acid groups (broad SMARTS) is 1. The maximum Gasteiger partial charge on any atom is 0.317 e. The highest BCUT2D eigenvalue weighted by Crippen LogP contribution is 2.31. The minimum atomic E-state index is -1.06. The molecule has 0 spiro atoms. The van der Waals surface area contributed by atoms with Crippen molar-refractivity contribution in [2.75, 3.05) is 0 Å². The van der Waals surface area contributed by atoms with Gasteiger partial charge in [0.25, 0.3) is 0 Å². The molecule has 6 heteroatoms. The lowest BCUT2D eigenvalue weighted by Gasteiger charge is -2.11. The lowest BCUT2D eigenvalue weighted by molar-refractivity contribution is -0.137.